The zero-order chi connectivity index (χ0) is 15.2. The molecule has 1 N–H and O–H groups in total. The number of esters is 1. The molecule has 0 aliphatic heterocycles. The van der Waals surface area contributed by atoms with Gasteiger partial charge in [-0.25, -0.2) is 5.06 Å². The predicted octanol–water partition coefficient (Wildman–Crippen LogP) is -0.0153. The largest absolute Gasteiger partial charge is 0.460 e. The number of ether oxygens (including phenoxy) is 1. The van der Waals surface area contributed by atoms with Crippen molar-refractivity contribution in [2.45, 2.75) is 38.8 Å². The van der Waals surface area contributed by atoms with Gasteiger partial charge in [-0.05, 0) is 20.8 Å². The number of amides is 2. The molecule has 1 atom stereocenters. The maximum atomic E-state index is 11.8. The normalized spacial score (nSPS) is 12.5. The third-order valence-electron chi connectivity index (χ3n) is 1.99. The van der Waals surface area contributed by atoms with E-state index in [0.29, 0.717) is 0 Å². The number of nitrogens with one attached hydrogen (secondary N) is 1. The van der Waals surface area contributed by atoms with Gasteiger partial charge in [-0.2, -0.15) is 0 Å². The summed E-state index contributed by atoms with van der Waals surface area (Å²) in [6, 6.07) is -1.13. The molecule has 0 saturated heterocycles. The summed E-state index contributed by atoms with van der Waals surface area (Å²) in [7, 11) is 7.60. The predicted molar refractivity (Wildman–Crippen MR) is 68.3 cm³/mol. The molecular formula is C11H19BN2O5. The van der Waals surface area contributed by atoms with Crippen LogP contribution in [0.15, 0.2) is 0 Å². The lowest BCUT2D eigenvalue weighted by atomic mass is 10.1. The second-order valence-corrected chi connectivity index (χ2v) is 4.87. The number of likely N-dealkylation sites (N-methyl/N-ethyl adjacent to an activating group) is 1. The van der Waals surface area contributed by atoms with Crippen LogP contribution < -0.4 is 5.32 Å². The Kier molecular flexibility index (Phi) is 6.54. The molecule has 0 bridgehead atoms. The van der Waals surface area contributed by atoms with Crippen molar-refractivity contribution in [1.82, 2.24) is 10.4 Å². The molecule has 8 heteroatoms. The standard InChI is InChI=1S/C11H19BN2O5/c1-11(2,3)19-8(15)6-7(13-10(12)17)9(16)14(4)18-5/h7H,6H2,1-5H3,(H,13,17). The summed E-state index contributed by atoms with van der Waals surface area (Å²) < 4.78 is 5.07. The summed E-state index contributed by atoms with van der Waals surface area (Å²) in [6.07, 6.45) is -0.327. The van der Waals surface area contributed by atoms with Crippen molar-refractivity contribution in [3.05, 3.63) is 0 Å². The number of hydroxylamine groups is 2. The van der Waals surface area contributed by atoms with E-state index in [2.05, 4.69) is 5.32 Å². The van der Waals surface area contributed by atoms with Crippen molar-refractivity contribution < 1.29 is 24.0 Å². The first-order chi connectivity index (χ1) is 8.56. The molecule has 0 rings (SSSR count). The third-order valence-corrected chi connectivity index (χ3v) is 1.99. The summed E-state index contributed by atoms with van der Waals surface area (Å²) in [5.41, 5.74) is -0.676. The molecule has 0 aromatic heterocycles. The number of nitrogens with zero attached hydrogens (tertiary/aromatic N) is 1. The Morgan fingerprint density at radius 2 is 1.84 bits per heavy atom. The number of carbonyl (C=O) groups is 3. The van der Waals surface area contributed by atoms with Gasteiger partial charge in [0.15, 0.2) is 5.81 Å². The Labute approximate surface area is 114 Å². The van der Waals surface area contributed by atoms with Gasteiger partial charge in [0.1, 0.15) is 11.6 Å². The lowest BCUT2D eigenvalue weighted by molar-refractivity contribution is -0.173. The average molecular weight is 270 g/mol. The van der Waals surface area contributed by atoms with Crippen molar-refractivity contribution in [3.63, 3.8) is 0 Å². The Morgan fingerprint density at radius 1 is 1.32 bits per heavy atom. The summed E-state index contributed by atoms with van der Waals surface area (Å²) in [4.78, 5) is 39.0. The highest BCUT2D eigenvalue weighted by molar-refractivity contribution is 6.57. The molecule has 2 radical (unpaired) electrons. The summed E-state index contributed by atoms with van der Waals surface area (Å²) in [5.74, 6) is -2.14. The van der Waals surface area contributed by atoms with Crippen LogP contribution in [-0.2, 0) is 19.2 Å². The van der Waals surface area contributed by atoms with E-state index < -0.39 is 29.3 Å². The Hall–Kier alpha value is -1.57. The number of rotatable bonds is 5. The van der Waals surface area contributed by atoms with Crippen molar-refractivity contribution in [3.8, 4) is 0 Å². The van der Waals surface area contributed by atoms with Crippen molar-refractivity contribution in [1.29, 1.82) is 0 Å². The van der Waals surface area contributed by atoms with E-state index in [-0.39, 0.29) is 6.42 Å². The second kappa shape index (κ2) is 7.13. The van der Waals surface area contributed by atoms with Crippen LogP contribution in [0.25, 0.3) is 0 Å². The number of hydrogen-bond donors (Lipinski definition) is 1. The van der Waals surface area contributed by atoms with E-state index in [0.717, 1.165) is 5.06 Å². The highest BCUT2D eigenvalue weighted by Crippen LogP contribution is 2.10. The zero-order valence-electron chi connectivity index (χ0n) is 11.9. The Balaban J connectivity index is 4.73. The summed E-state index contributed by atoms with van der Waals surface area (Å²) >= 11 is 0. The van der Waals surface area contributed by atoms with Gasteiger partial charge < -0.3 is 10.1 Å². The Morgan fingerprint density at radius 3 is 2.21 bits per heavy atom. The highest BCUT2D eigenvalue weighted by atomic mass is 16.7. The number of hydrogen-bond acceptors (Lipinski definition) is 5. The first-order valence-corrected chi connectivity index (χ1v) is 5.66. The van der Waals surface area contributed by atoms with Crippen LogP contribution in [0.2, 0.25) is 0 Å². The lowest BCUT2D eigenvalue weighted by Gasteiger charge is -2.24. The molecule has 7 nitrogen and oxygen atoms in total. The molecule has 0 aliphatic carbocycles. The fraction of sp³-hybridized carbons (Fsp3) is 0.727. The summed E-state index contributed by atoms with van der Waals surface area (Å²) in [6.45, 7) is 5.10. The topological polar surface area (TPSA) is 84.9 Å². The summed E-state index contributed by atoms with van der Waals surface area (Å²) in [5, 5.41) is 3.07. The fourth-order valence-corrected chi connectivity index (χ4v) is 1.23. The second-order valence-electron chi connectivity index (χ2n) is 4.87. The van der Waals surface area contributed by atoms with Gasteiger partial charge in [-0.3, -0.25) is 19.2 Å². The molecule has 0 fully saturated rings. The molecule has 0 aliphatic rings. The minimum absolute atomic E-state index is 0.327. The van der Waals surface area contributed by atoms with E-state index in [1.807, 2.05) is 0 Å². The lowest BCUT2D eigenvalue weighted by Crippen LogP contribution is -2.48. The average Bonchev–Trinajstić information content (AvgIpc) is 2.22. The minimum atomic E-state index is -1.13. The number of carbonyl (C=O) groups excluding carboxylic acids is 3. The zero-order valence-corrected chi connectivity index (χ0v) is 11.9. The van der Waals surface area contributed by atoms with Gasteiger partial charge >= 0.3 is 5.97 Å². The van der Waals surface area contributed by atoms with Gasteiger partial charge in [0.05, 0.1) is 13.5 Å². The maximum Gasteiger partial charge on any atom is 0.308 e. The highest BCUT2D eigenvalue weighted by Gasteiger charge is 2.28. The van der Waals surface area contributed by atoms with E-state index in [4.69, 9.17) is 17.4 Å². The molecule has 0 aromatic rings. The molecule has 0 saturated carbocycles. The molecule has 106 valence electrons. The van der Waals surface area contributed by atoms with E-state index in [1.165, 1.54) is 14.2 Å². The van der Waals surface area contributed by atoms with Crippen LogP contribution >= 0.6 is 0 Å². The molecule has 1 unspecified atom stereocenters. The molecule has 2 amide bonds. The van der Waals surface area contributed by atoms with Crippen LogP contribution in [0, 0.1) is 0 Å². The van der Waals surface area contributed by atoms with Gasteiger partial charge in [-0.15, -0.1) is 0 Å². The van der Waals surface area contributed by atoms with Crippen LogP contribution in [0.5, 0.6) is 0 Å². The van der Waals surface area contributed by atoms with Crippen LogP contribution in [0.1, 0.15) is 27.2 Å². The van der Waals surface area contributed by atoms with E-state index >= 15 is 0 Å². The minimum Gasteiger partial charge on any atom is -0.460 e. The van der Waals surface area contributed by atoms with Crippen LogP contribution in [-0.4, -0.2) is 56.4 Å². The first-order valence-electron chi connectivity index (χ1n) is 5.66. The smallest absolute Gasteiger partial charge is 0.308 e. The van der Waals surface area contributed by atoms with Crippen LogP contribution in [0.3, 0.4) is 0 Å². The van der Waals surface area contributed by atoms with Gasteiger partial charge in [0.25, 0.3) is 5.91 Å². The van der Waals surface area contributed by atoms with Crippen LogP contribution in [0.4, 0.5) is 4.79 Å². The fourth-order valence-electron chi connectivity index (χ4n) is 1.23. The van der Waals surface area contributed by atoms with Gasteiger partial charge in [0, 0.05) is 7.05 Å². The molecule has 0 aromatic carbocycles. The molecule has 19 heavy (non-hydrogen) atoms. The van der Waals surface area contributed by atoms with E-state index in [9.17, 15) is 14.4 Å². The van der Waals surface area contributed by atoms with Gasteiger partial charge in [0.2, 0.25) is 7.85 Å². The third kappa shape index (κ3) is 7.45. The molecular weight excluding hydrogens is 251 g/mol. The molecule has 0 heterocycles. The molecule has 0 spiro atoms. The maximum absolute atomic E-state index is 11.8. The van der Waals surface area contributed by atoms with E-state index in [1.54, 1.807) is 20.8 Å². The Bertz CT molecular complexity index is 353. The first kappa shape index (κ1) is 17.4. The quantitative estimate of drug-likeness (QED) is 0.431. The van der Waals surface area contributed by atoms with Gasteiger partial charge in [-0.1, -0.05) is 0 Å². The van der Waals surface area contributed by atoms with Crippen molar-refractivity contribution in [2.24, 2.45) is 0 Å². The van der Waals surface area contributed by atoms with Crippen molar-refractivity contribution >= 4 is 25.5 Å². The monoisotopic (exact) mass is 270 g/mol. The van der Waals surface area contributed by atoms with Crippen molar-refractivity contribution in [2.75, 3.05) is 14.2 Å². The SMILES string of the molecule is [B]C(=O)NC(CC(=O)OC(C)(C)C)C(=O)N(C)OC.